The number of methoxy groups -OCH3 is 2. The highest BCUT2D eigenvalue weighted by Gasteiger charge is 2.37. The third kappa shape index (κ3) is 5.56. The van der Waals surface area contributed by atoms with Crippen LogP contribution in [0.5, 0.6) is 11.5 Å². The number of benzene rings is 2. The Kier molecular flexibility index (Phi) is 6.86. The lowest BCUT2D eigenvalue weighted by Crippen LogP contribution is -2.29. The zero-order chi connectivity index (χ0) is 22.7. The largest absolute Gasteiger partial charge is 0.497 e. The molecule has 2 aromatic rings. The van der Waals surface area contributed by atoms with Gasteiger partial charge in [-0.3, -0.25) is 4.79 Å². The molecule has 0 radical (unpaired) electrons. The van der Waals surface area contributed by atoms with Gasteiger partial charge in [0.15, 0.2) is 0 Å². The summed E-state index contributed by atoms with van der Waals surface area (Å²) in [5.41, 5.74) is -3.87. The molecular weight excluding hydrogens is 420 g/mol. The molecule has 2 rings (SSSR count). The van der Waals surface area contributed by atoms with Crippen molar-refractivity contribution in [1.29, 1.82) is 0 Å². The fraction of sp³-hybridized carbons (Fsp3) is 0.316. The Labute approximate surface area is 167 Å². The lowest BCUT2D eigenvalue weighted by atomic mass is 10.0. The Morgan fingerprint density at radius 1 is 0.967 bits per heavy atom. The van der Waals surface area contributed by atoms with E-state index in [2.05, 4.69) is 5.32 Å². The SMILES string of the molecule is COc1ccc(OC)c([C@@H](O)CNC(=O)c2cc(C(F)(F)F)cc(C(F)(F)F)c2)c1. The molecule has 2 N–H and O–H groups in total. The molecule has 1 amide bonds. The van der Waals surface area contributed by atoms with Crippen LogP contribution in [0.15, 0.2) is 36.4 Å². The Morgan fingerprint density at radius 3 is 2.00 bits per heavy atom. The molecule has 0 aliphatic heterocycles. The minimum Gasteiger partial charge on any atom is -0.497 e. The van der Waals surface area contributed by atoms with Crippen molar-refractivity contribution in [2.24, 2.45) is 0 Å². The number of halogens is 6. The highest BCUT2D eigenvalue weighted by atomic mass is 19.4. The number of ether oxygens (including phenoxy) is 2. The van der Waals surface area contributed by atoms with Crippen LogP contribution in [0.2, 0.25) is 0 Å². The quantitative estimate of drug-likeness (QED) is 0.665. The zero-order valence-electron chi connectivity index (χ0n) is 15.7. The lowest BCUT2D eigenvalue weighted by Gasteiger charge is -2.17. The molecule has 0 aliphatic rings. The highest BCUT2D eigenvalue weighted by Crippen LogP contribution is 2.36. The molecule has 164 valence electrons. The van der Waals surface area contributed by atoms with Gasteiger partial charge in [-0.2, -0.15) is 26.3 Å². The van der Waals surface area contributed by atoms with Gasteiger partial charge in [-0.25, -0.2) is 0 Å². The number of hydrogen-bond donors (Lipinski definition) is 2. The van der Waals surface area contributed by atoms with E-state index in [-0.39, 0.29) is 17.4 Å². The average molecular weight is 437 g/mol. The maximum atomic E-state index is 12.9. The standard InChI is InChI=1S/C19H17F6NO4/c1-29-13-3-4-16(30-2)14(8-13)15(27)9-26-17(28)10-5-11(18(20,21)22)7-12(6-10)19(23,24)25/h3-8,15,27H,9H2,1-2H3,(H,26,28)/t15-/m0/s1. The molecule has 0 heterocycles. The van der Waals surface area contributed by atoms with Gasteiger partial charge >= 0.3 is 12.4 Å². The molecule has 11 heteroatoms. The first-order chi connectivity index (χ1) is 13.9. The van der Waals surface area contributed by atoms with E-state index in [0.29, 0.717) is 17.9 Å². The first-order valence-corrected chi connectivity index (χ1v) is 8.34. The fourth-order valence-electron chi connectivity index (χ4n) is 2.59. The van der Waals surface area contributed by atoms with Crippen molar-refractivity contribution in [1.82, 2.24) is 5.32 Å². The molecule has 0 saturated heterocycles. The van der Waals surface area contributed by atoms with Crippen LogP contribution in [0, 0.1) is 0 Å². The molecule has 0 aromatic heterocycles. The van der Waals surface area contributed by atoms with E-state index in [1.807, 2.05) is 0 Å². The molecule has 0 spiro atoms. The topological polar surface area (TPSA) is 67.8 Å². The smallest absolute Gasteiger partial charge is 0.416 e. The van der Waals surface area contributed by atoms with Gasteiger partial charge in [-0.05, 0) is 36.4 Å². The summed E-state index contributed by atoms with van der Waals surface area (Å²) in [5, 5.41) is 12.4. The molecule has 0 unspecified atom stereocenters. The molecule has 30 heavy (non-hydrogen) atoms. The summed E-state index contributed by atoms with van der Waals surface area (Å²) in [7, 11) is 2.71. The van der Waals surface area contributed by atoms with Crippen molar-refractivity contribution >= 4 is 5.91 Å². The van der Waals surface area contributed by atoms with Gasteiger partial charge in [-0.15, -0.1) is 0 Å². The summed E-state index contributed by atoms with van der Waals surface area (Å²) in [4.78, 5) is 12.2. The van der Waals surface area contributed by atoms with E-state index in [1.165, 1.54) is 26.4 Å². The summed E-state index contributed by atoms with van der Waals surface area (Å²) >= 11 is 0. The van der Waals surface area contributed by atoms with E-state index in [0.717, 1.165) is 0 Å². The number of rotatable bonds is 6. The van der Waals surface area contributed by atoms with E-state index >= 15 is 0 Å². The van der Waals surface area contributed by atoms with Crippen molar-refractivity contribution in [3.63, 3.8) is 0 Å². The number of carbonyl (C=O) groups is 1. The van der Waals surface area contributed by atoms with Gasteiger partial charge < -0.3 is 19.9 Å². The second-order valence-electron chi connectivity index (χ2n) is 6.13. The first kappa shape index (κ1) is 23.3. The molecule has 5 nitrogen and oxygen atoms in total. The molecule has 2 aromatic carbocycles. The number of alkyl halides is 6. The second kappa shape index (κ2) is 8.82. The Bertz CT molecular complexity index is 879. The van der Waals surface area contributed by atoms with Crippen molar-refractivity contribution in [3.05, 3.63) is 58.7 Å². The van der Waals surface area contributed by atoms with Crippen LogP contribution in [0.25, 0.3) is 0 Å². The monoisotopic (exact) mass is 437 g/mol. The molecule has 0 fully saturated rings. The molecular formula is C19H17F6NO4. The van der Waals surface area contributed by atoms with Crippen LogP contribution in [0.4, 0.5) is 26.3 Å². The van der Waals surface area contributed by atoms with E-state index in [9.17, 15) is 36.2 Å². The van der Waals surface area contributed by atoms with E-state index in [1.54, 1.807) is 6.07 Å². The van der Waals surface area contributed by atoms with Crippen LogP contribution in [-0.2, 0) is 12.4 Å². The molecule has 0 aliphatic carbocycles. The molecule has 0 bridgehead atoms. The number of aliphatic hydroxyl groups is 1. The Hall–Kier alpha value is -2.95. The van der Waals surface area contributed by atoms with Gasteiger partial charge in [0.2, 0.25) is 0 Å². The lowest BCUT2D eigenvalue weighted by molar-refractivity contribution is -0.143. The van der Waals surface area contributed by atoms with Crippen molar-refractivity contribution in [2.45, 2.75) is 18.5 Å². The Balaban J connectivity index is 2.26. The summed E-state index contributed by atoms with van der Waals surface area (Å²) in [5.74, 6) is -0.604. The van der Waals surface area contributed by atoms with Gasteiger partial charge in [-0.1, -0.05) is 0 Å². The number of hydrogen-bond acceptors (Lipinski definition) is 4. The van der Waals surface area contributed by atoms with Gasteiger partial charge in [0, 0.05) is 17.7 Å². The maximum absolute atomic E-state index is 12.9. The van der Waals surface area contributed by atoms with Crippen molar-refractivity contribution < 1.29 is 45.7 Å². The predicted molar refractivity (Wildman–Crippen MR) is 93.3 cm³/mol. The van der Waals surface area contributed by atoms with Gasteiger partial charge in [0.05, 0.1) is 25.3 Å². The van der Waals surface area contributed by atoms with Crippen molar-refractivity contribution in [3.8, 4) is 11.5 Å². The predicted octanol–water partition coefficient (Wildman–Crippen LogP) is 4.20. The normalized spacial score (nSPS) is 13.0. The van der Waals surface area contributed by atoms with E-state index in [4.69, 9.17) is 9.47 Å². The van der Waals surface area contributed by atoms with Crippen LogP contribution < -0.4 is 14.8 Å². The summed E-state index contributed by atoms with van der Waals surface area (Å²) < 4.78 is 87.7. The number of carbonyl (C=O) groups excluding carboxylic acids is 1. The Morgan fingerprint density at radius 2 is 1.53 bits per heavy atom. The van der Waals surface area contributed by atoms with Crippen LogP contribution >= 0.6 is 0 Å². The zero-order valence-corrected chi connectivity index (χ0v) is 15.7. The first-order valence-electron chi connectivity index (χ1n) is 8.34. The van der Waals surface area contributed by atoms with E-state index < -0.39 is 47.6 Å². The summed E-state index contributed by atoms with van der Waals surface area (Å²) in [6.45, 7) is -0.500. The summed E-state index contributed by atoms with van der Waals surface area (Å²) in [6, 6.07) is 5.00. The number of amides is 1. The summed E-state index contributed by atoms with van der Waals surface area (Å²) in [6.07, 6.45) is -11.5. The van der Waals surface area contributed by atoms with Crippen LogP contribution in [0.1, 0.15) is 33.2 Å². The van der Waals surface area contributed by atoms with Gasteiger partial charge in [0.1, 0.15) is 17.6 Å². The second-order valence-corrected chi connectivity index (χ2v) is 6.13. The highest BCUT2D eigenvalue weighted by molar-refractivity contribution is 5.94. The van der Waals surface area contributed by atoms with Crippen LogP contribution in [-0.4, -0.2) is 31.8 Å². The fourth-order valence-corrected chi connectivity index (χ4v) is 2.59. The third-order valence-corrected chi connectivity index (χ3v) is 4.10. The molecule has 1 atom stereocenters. The van der Waals surface area contributed by atoms with Gasteiger partial charge in [0.25, 0.3) is 5.91 Å². The number of aliphatic hydroxyl groups excluding tert-OH is 1. The third-order valence-electron chi connectivity index (χ3n) is 4.10. The van der Waals surface area contributed by atoms with Crippen LogP contribution in [0.3, 0.4) is 0 Å². The van der Waals surface area contributed by atoms with Crippen molar-refractivity contribution in [2.75, 3.05) is 20.8 Å². The minimum absolute atomic E-state index is 0.0766. The number of nitrogens with one attached hydrogen (secondary N) is 1. The molecule has 0 saturated carbocycles. The maximum Gasteiger partial charge on any atom is 0.416 e. The minimum atomic E-state index is -5.08. The average Bonchev–Trinajstić information content (AvgIpc) is 2.69.